The van der Waals surface area contributed by atoms with Crippen LogP contribution in [0.5, 0.6) is 11.5 Å². The lowest BCUT2D eigenvalue weighted by Crippen LogP contribution is -2.01. The third kappa shape index (κ3) is 3.79. The summed E-state index contributed by atoms with van der Waals surface area (Å²) in [4.78, 5) is 0. The van der Waals surface area contributed by atoms with Gasteiger partial charge in [0.05, 0.1) is 14.2 Å². The molecule has 3 nitrogen and oxygen atoms in total. The number of nitrogens with one attached hydrogen (secondary N) is 1. The van der Waals surface area contributed by atoms with Crippen LogP contribution in [0.3, 0.4) is 0 Å². The molecule has 2 aromatic carbocycles. The Bertz CT molecular complexity index is 577. The van der Waals surface area contributed by atoms with Gasteiger partial charge in [-0.1, -0.05) is 6.07 Å². The average molecular weight is 383 g/mol. The molecule has 0 aromatic heterocycles. The monoisotopic (exact) mass is 383 g/mol. The second-order valence-electron chi connectivity index (χ2n) is 4.54. The lowest BCUT2D eigenvalue weighted by molar-refractivity contribution is 0.393. The summed E-state index contributed by atoms with van der Waals surface area (Å²) in [5, 5.41) is 3.42. The molecule has 0 aliphatic heterocycles. The Morgan fingerprint density at radius 1 is 1.00 bits per heavy atom. The van der Waals surface area contributed by atoms with Gasteiger partial charge in [0.15, 0.2) is 0 Å². The lowest BCUT2D eigenvalue weighted by Gasteiger charge is -2.11. The molecule has 4 heteroatoms. The van der Waals surface area contributed by atoms with E-state index in [0.29, 0.717) is 0 Å². The number of methoxy groups -OCH3 is 2. The van der Waals surface area contributed by atoms with Gasteiger partial charge in [-0.3, -0.25) is 0 Å². The summed E-state index contributed by atoms with van der Waals surface area (Å²) >= 11 is 2.35. The summed E-state index contributed by atoms with van der Waals surface area (Å²) in [6, 6.07) is 12.3. The molecular weight excluding hydrogens is 365 g/mol. The highest BCUT2D eigenvalue weighted by molar-refractivity contribution is 14.1. The number of ether oxygens (including phenoxy) is 2. The number of anilines is 1. The summed E-state index contributed by atoms with van der Waals surface area (Å²) < 4.78 is 11.8. The number of halogens is 1. The molecule has 0 radical (unpaired) electrons. The zero-order valence-corrected chi connectivity index (χ0v) is 14.0. The molecule has 0 saturated carbocycles. The zero-order chi connectivity index (χ0) is 14.5. The van der Waals surface area contributed by atoms with E-state index in [-0.39, 0.29) is 0 Å². The molecule has 0 aliphatic carbocycles. The summed E-state index contributed by atoms with van der Waals surface area (Å²) in [6.45, 7) is 2.84. The first-order valence-electron chi connectivity index (χ1n) is 6.34. The first kappa shape index (κ1) is 15.0. The normalized spacial score (nSPS) is 10.2. The van der Waals surface area contributed by atoms with Crippen molar-refractivity contribution in [1.82, 2.24) is 0 Å². The predicted octanol–water partition coefficient (Wildman–Crippen LogP) is 4.23. The highest BCUT2D eigenvalue weighted by Gasteiger charge is 2.03. The van der Waals surface area contributed by atoms with Crippen molar-refractivity contribution in [1.29, 1.82) is 0 Å². The van der Waals surface area contributed by atoms with E-state index < -0.39 is 0 Å². The van der Waals surface area contributed by atoms with Crippen molar-refractivity contribution in [2.75, 3.05) is 19.5 Å². The van der Waals surface area contributed by atoms with Gasteiger partial charge in [-0.25, -0.2) is 0 Å². The fourth-order valence-corrected chi connectivity index (χ4v) is 2.39. The second-order valence-corrected chi connectivity index (χ2v) is 5.70. The Kier molecular flexibility index (Phi) is 5.11. The zero-order valence-electron chi connectivity index (χ0n) is 11.9. The van der Waals surface area contributed by atoms with Gasteiger partial charge >= 0.3 is 0 Å². The maximum atomic E-state index is 5.28. The lowest BCUT2D eigenvalue weighted by atomic mass is 10.2. The number of hydrogen-bond donors (Lipinski definition) is 1. The van der Waals surface area contributed by atoms with Gasteiger partial charge < -0.3 is 14.8 Å². The van der Waals surface area contributed by atoms with Crippen LogP contribution in [0.25, 0.3) is 0 Å². The summed E-state index contributed by atoms with van der Waals surface area (Å²) in [5.41, 5.74) is 3.53. The largest absolute Gasteiger partial charge is 0.497 e. The van der Waals surface area contributed by atoms with Gasteiger partial charge in [0.2, 0.25) is 0 Å². The summed E-state index contributed by atoms with van der Waals surface area (Å²) in [6.07, 6.45) is 0. The van der Waals surface area contributed by atoms with Crippen LogP contribution in [0.15, 0.2) is 36.4 Å². The molecule has 0 aliphatic rings. The third-order valence-electron chi connectivity index (χ3n) is 3.08. The Labute approximate surface area is 133 Å². The van der Waals surface area contributed by atoms with Crippen molar-refractivity contribution >= 4 is 28.3 Å². The van der Waals surface area contributed by atoms with Crippen LogP contribution >= 0.6 is 22.6 Å². The van der Waals surface area contributed by atoms with Crippen LogP contribution < -0.4 is 14.8 Å². The molecule has 0 spiro atoms. The Morgan fingerprint density at radius 2 is 1.65 bits per heavy atom. The maximum absolute atomic E-state index is 5.28. The van der Waals surface area contributed by atoms with E-state index >= 15 is 0 Å². The minimum atomic E-state index is 0.729. The van der Waals surface area contributed by atoms with Crippen molar-refractivity contribution in [3.05, 3.63) is 51.1 Å². The van der Waals surface area contributed by atoms with E-state index in [0.717, 1.165) is 29.3 Å². The molecule has 20 heavy (non-hydrogen) atoms. The Hall–Kier alpha value is -1.43. The molecular formula is C16H18INO2. The fourth-order valence-electron chi connectivity index (χ4n) is 1.88. The maximum Gasteiger partial charge on any atom is 0.122 e. The van der Waals surface area contributed by atoms with Crippen molar-refractivity contribution < 1.29 is 9.47 Å². The van der Waals surface area contributed by atoms with Gasteiger partial charge in [0.1, 0.15) is 11.5 Å². The van der Waals surface area contributed by atoms with Gasteiger partial charge in [-0.2, -0.15) is 0 Å². The molecule has 2 aromatic rings. The summed E-state index contributed by atoms with van der Waals surface area (Å²) in [7, 11) is 3.32. The van der Waals surface area contributed by atoms with Crippen molar-refractivity contribution in [3.8, 4) is 11.5 Å². The van der Waals surface area contributed by atoms with Crippen molar-refractivity contribution in [2.24, 2.45) is 0 Å². The Balaban J connectivity index is 2.11. The quantitative estimate of drug-likeness (QED) is 0.784. The van der Waals surface area contributed by atoms with Gasteiger partial charge in [0, 0.05) is 21.9 Å². The molecule has 1 N–H and O–H groups in total. The van der Waals surface area contributed by atoms with Crippen molar-refractivity contribution in [2.45, 2.75) is 13.5 Å². The molecule has 0 fully saturated rings. The van der Waals surface area contributed by atoms with Crippen LogP contribution in [0.4, 0.5) is 5.69 Å². The fraction of sp³-hybridized carbons (Fsp3) is 0.250. The van der Waals surface area contributed by atoms with Crippen LogP contribution in [0.1, 0.15) is 11.1 Å². The molecule has 0 unspecified atom stereocenters. The van der Waals surface area contributed by atoms with Crippen molar-refractivity contribution in [3.63, 3.8) is 0 Å². The minimum absolute atomic E-state index is 0.729. The van der Waals surface area contributed by atoms with Crippen LogP contribution in [-0.4, -0.2) is 14.2 Å². The SMILES string of the molecule is COc1cc(CNc2ccc(C)c(I)c2)cc(OC)c1. The molecule has 0 bridgehead atoms. The van der Waals surface area contributed by atoms with E-state index in [9.17, 15) is 0 Å². The highest BCUT2D eigenvalue weighted by Crippen LogP contribution is 2.23. The van der Waals surface area contributed by atoms with E-state index in [1.54, 1.807) is 14.2 Å². The number of aryl methyl sites for hydroxylation is 1. The van der Waals surface area contributed by atoms with E-state index in [1.165, 1.54) is 9.13 Å². The third-order valence-corrected chi connectivity index (χ3v) is 4.24. The van der Waals surface area contributed by atoms with E-state index in [1.807, 2.05) is 18.2 Å². The van der Waals surface area contributed by atoms with E-state index in [4.69, 9.17) is 9.47 Å². The topological polar surface area (TPSA) is 30.5 Å². The Morgan fingerprint density at radius 3 is 2.20 bits per heavy atom. The first-order valence-corrected chi connectivity index (χ1v) is 7.42. The number of hydrogen-bond acceptors (Lipinski definition) is 3. The van der Waals surface area contributed by atoms with E-state index in [2.05, 4.69) is 53.0 Å². The van der Waals surface area contributed by atoms with Gasteiger partial charge in [0.25, 0.3) is 0 Å². The average Bonchev–Trinajstić information content (AvgIpc) is 2.48. The van der Waals surface area contributed by atoms with Gasteiger partial charge in [-0.05, 0) is 64.9 Å². The molecule has 0 atom stereocenters. The molecule has 106 valence electrons. The number of rotatable bonds is 5. The predicted molar refractivity (Wildman–Crippen MR) is 90.8 cm³/mol. The molecule has 2 rings (SSSR count). The second kappa shape index (κ2) is 6.83. The first-order chi connectivity index (χ1) is 9.62. The molecule has 0 heterocycles. The van der Waals surface area contributed by atoms with Crippen LogP contribution in [0, 0.1) is 10.5 Å². The van der Waals surface area contributed by atoms with Gasteiger partial charge in [-0.15, -0.1) is 0 Å². The highest BCUT2D eigenvalue weighted by atomic mass is 127. The number of benzene rings is 2. The van der Waals surface area contributed by atoms with Crippen LogP contribution in [0.2, 0.25) is 0 Å². The smallest absolute Gasteiger partial charge is 0.122 e. The van der Waals surface area contributed by atoms with Crippen LogP contribution in [-0.2, 0) is 6.54 Å². The summed E-state index contributed by atoms with van der Waals surface area (Å²) in [5.74, 6) is 1.61. The molecule has 0 saturated heterocycles. The minimum Gasteiger partial charge on any atom is -0.497 e. The standard InChI is InChI=1S/C16H18INO2/c1-11-4-5-13(8-16(11)17)18-10-12-6-14(19-2)9-15(7-12)20-3/h4-9,18H,10H2,1-3H3. The molecule has 0 amide bonds.